The zero-order valence-electron chi connectivity index (χ0n) is 23.3. The van der Waals surface area contributed by atoms with Crippen LogP contribution >= 0.6 is 12.0 Å². The minimum atomic E-state index is -4.94. The van der Waals surface area contributed by atoms with Crippen LogP contribution in [0.5, 0.6) is 0 Å². The summed E-state index contributed by atoms with van der Waals surface area (Å²) < 4.78 is 64.7. The molecule has 0 saturated carbocycles. The molecular formula is C25H17N4Na3O8S3. The van der Waals surface area contributed by atoms with Crippen molar-refractivity contribution in [3.63, 3.8) is 0 Å². The van der Waals surface area contributed by atoms with E-state index in [-0.39, 0.29) is 110 Å². The van der Waals surface area contributed by atoms with Crippen LogP contribution in [0.3, 0.4) is 0 Å². The zero-order valence-corrected chi connectivity index (χ0v) is 31.8. The number of hydrogen-bond donors (Lipinski definition) is 1. The molecule has 0 saturated heterocycles. The molecule has 5 rings (SSSR count). The van der Waals surface area contributed by atoms with Crippen molar-refractivity contribution in [2.24, 2.45) is 0 Å². The molecule has 0 fully saturated rings. The molecule has 1 heterocycles. The summed E-state index contributed by atoms with van der Waals surface area (Å²) in [4.78, 5) is 1.16. The summed E-state index contributed by atoms with van der Waals surface area (Å²) in [5.41, 5.74) is 2.22. The van der Waals surface area contributed by atoms with E-state index in [1.807, 2.05) is 0 Å². The average Bonchev–Trinajstić information content (AvgIpc) is 3.38. The van der Waals surface area contributed by atoms with Gasteiger partial charge in [0, 0.05) is 27.9 Å². The summed E-state index contributed by atoms with van der Waals surface area (Å²) in [6, 6.07) is 17.4. The zero-order chi connectivity index (χ0) is 28.4. The van der Waals surface area contributed by atoms with E-state index in [1.165, 1.54) is 24.3 Å². The van der Waals surface area contributed by atoms with E-state index in [0.29, 0.717) is 38.8 Å². The van der Waals surface area contributed by atoms with Crippen molar-refractivity contribution >= 4 is 72.9 Å². The Labute approximate surface area is 319 Å². The van der Waals surface area contributed by atoms with Crippen molar-refractivity contribution in [3.05, 3.63) is 77.9 Å². The smallest absolute Gasteiger partial charge is 0.768 e. The number of rotatable bonds is 9. The number of aromatic nitrogens is 3. The van der Waals surface area contributed by atoms with Crippen molar-refractivity contribution in [2.75, 3.05) is 12.4 Å². The molecule has 1 atom stereocenters. The van der Waals surface area contributed by atoms with Crippen LogP contribution in [-0.4, -0.2) is 43.8 Å². The van der Waals surface area contributed by atoms with E-state index in [9.17, 15) is 27.0 Å². The van der Waals surface area contributed by atoms with Gasteiger partial charge in [-0.1, -0.05) is 48.6 Å². The topological polar surface area (TPSA) is 182 Å². The van der Waals surface area contributed by atoms with Gasteiger partial charge in [-0.25, -0.2) is 8.42 Å². The second-order valence-electron chi connectivity index (χ2n) is 8.24. The van der Waals surface area contributed by atoms with Gasteiger partial charge in [0.05, 0.1) is 22.6 Å². The maximum absolute atomic E-state index is 12.2. The molecule has 0 amide bonds. The van der Waals surface area contributed by atoms with Gasteiger partial charge in [-0.05, 0) is 57.9 Å². The summed E-state index contributed by atoms with van der Waals surface area (Å²) in [6.07, 6.45) is 2.98. The molecule has 0 bridgehead atoms. The Morgan fingerprint density at radius 2 is 1.63 bits per heavy atom. The number of nitrogens with zero attached hydrogens (tertiary/aromatic N) is 3. The van der Waals surface area contributed by atoms with E-state index in [1.54, 1.807) is 55.6 Å². The van der Waals surface area contributed by atoms with E-state index < -0.39 is 26.1 Å². The normalized spacial score (nSPS) is 12.0. The van der Waals surface area contributed by atoms with E-state index in [2.05, 4.69) is 24.9 Å². The van der Waals surface area contributed by atoms with Crippen molar-refractivity contribution in [1.29, 1.82) is 0 Å². The Kier molecular flexibility index (Phi) is 15.0. The van der Waals surface area contributed by atoms with Gasteiger partial charge in [0.2, 0.25) is 0 Å². The Balaban J connectivity index is 0.00000215. The predicted molar refractivity (Wildman–Crippen MR) is 144 cm³/mol. The molecule has 0 spiro atoms. The largest absolute Gasteiger partial charge is 1.00 e. The van der Waals surface area contributed by atoms with Crippen LogP contribution < -0.4 is 99.2 Å². The number of anilines is 1. The van der Waals surface area contributed by atoms with Gasteiger partial charge in [-0.15, -0.1) is 10.2 Å². The molecule has 0 aliphatic rings. The standard InChI is InChI=1S/C25H20N4O8S3.3Na/c1-26-17-10-8-15(22(12-17)38-37-36-30)6-7-16-9-11-18(13-24(16)40(33,34)35)29-27-21-14-23(39(31)32)19-4-2-3-5-20(19)25(21)28-29;;;/h2-14,26,30H,1H3,(H,31,32)(H,33,34,35);;;/q;3*+1/p-3/b7-6+;;;. The Morgan fingerprint density at radius 3 is 2.28 bits per heavy atom. The van der Waals surface area contributed by atoms with Crippen LogP contribution in [0.2, 0.25) is 0 Å². The maximum Gasteiger partial charge on any atom is 1.00 e. The van der Waals surface area contributed by atoms with Crippen molar-refractivity contribution < 1.29 is 125 Å². The molecular weight excluding hydrogens is 649 g/mol. The van der Waals surface area contributed by atoms with E-state index in [4.69, 9.17) is 0 Å². The quantitative estimate of drug-likeness (QED) is 0.0300. The second kappa shape index (κ2) is 16.8. The molecule has 0 radical (unpaired) electrons. The Bertz CT molecular complexity index is 1920. The molecule has 1 unspecified atom stereocenters. The predicted octanol–water partition coefficient (Wildman–Crippen LogP) is -5.83. The first-order valence-corrected chi connectivity index (χ1v) is 14.5. The number of benzene rings is 4. The third-order valence-electron chi connectivity index (χ3n) is 5.93. The number of hydrogen-bond acceptors (Lipinski definition) is 12. The fraction of sp³-hybridized carbons (Fsp3) is 0.0400. The fourth-order valence-electron chi connectivity index (χ4n) is 4.10. The Morgan fingerprint density at radius 1 is 0.953 bits per heavy atom. The summed E-state index contributed by atoms with van der Waals surface area (Å²) in [6.45, 7) is 0. The van der Waals surface area contributed by atoms with E-state index in [0.717, 1.165) is 16.6 Å². The minimum absolute atomic E-state index is 0. The first-order valence-electron chi connectivity index (χ1n) is 11.3. The first-order chi connectivity index (χ1) is 19.2. The van der Waals surface area contributed by atoms with Crippen LogP contribution in [0.1, 0.15) is 11.1 Å². The molecule has 206 valence electrons. The average molecular weight is 667 g/mol. The van der Waals surface area contributed by atoms with Gasteiger partial charge in [0.15, 0.2) is 0 Å². The van der Waals surface area contributed by atoms with Crippen molar-refractivity contribution in [1.82, 2.24) is 15.0 Å². The van der Waals surface area contributed by atoms with Gasteiger partial charge in [-0.2, -0.15) is 9.13 Å². The van der Waals surface area contributed by atoms with Gasteiger partial charge in [-0.3, -0.25) is 9.25 Å². The molecule has 0 aliphatic carbocycles. The van der Waals surface area contributed by atoms with Gasteiger partial charge < -0.3 is 19.7 Å². The van der Waals surface area contributed by atoms with Crippen LogP contribution in [0.25, 0.3) is 39.6 Å². The molecule has 12 nitrogen and oxygen atoms in total. The number of fused-ring (bicyclic) bond motifs is 3. The molecule has 0 aliphatic heterocycles. The molecule has 1 aromatic heterocycles. The minimum Gasteiger partial charge on any atom is -0.768 e. The molecule has 4 aromatic carbocycles. The summed E-state index contributed by atoms with van der Waals surface area (Å²) in [5.74, 6) is 0. The maximum atomic E-state index is 12.2. The van der Waals surface area contributed by atoms with Crippen LogP contribution in [0.4, 0.5) is 5.69 Å². The monoisotopic (exact) mass is 666 g/mol. The van der Waals surface area contributed by atoms with Crippen molar-refractivity contribution in [2.45, 2.75) is 14.7 Å². The molecule has 1 N–H and O–H groups in total. The third-order valence-corrected chi connectivity index (χ3v) is 8.17. The van der Waals surface area contributed by atoms with Crippen LogP contribution in [0.15, 0.2) is 81.4 Å². The van der Waals surface area contributed by atoms with Crippen LogP contribution in [0, 0.1) is 0 Å². The summed E-state index contributed by atoms with van der Waals surface area (Å²) in [7, 11) is -3.23. The van der Waals surface area contributed by atoms with Crippen molar-refractivity contribution in [3.8, 4) is 5.69 Å². The summed E-state index contributed by atoms with van der Waals surface area (Å²) in [5, 5.41) is 26.5. The fourth-order valence-corrected chi connectivity index (χ4v) is 5.86. The van der Waals surface area contributed by atoms with Gasteiger partial charge in [0.1, 0.15) is 21.2 Å². The first kappa shape index (κ1) is 38.5. The SMILES string of the molecule is CNc1ccc(/C=C/c2ccc(-n3nc4cc(S(=O)[O-])c5ccccc5c4n3)cc2S(=O)(=O)[O-])c(SOO[O-])c1.[Na+].[Na+].[Na+]. The molecule has 43 heavy (non-hydrogen) atoms. The summed E-state index contributed by atoms with van der Waals surface area (Å²) >= 11 is -1.87. The Hall–Kier alpha value is -0.670. The van der Waals surface area contributed by atoms with E-state index >= 15 is 0 Å². The second-order valence-corrected chi connectivity index (χ2v) is 11.2. The molecule has 18 heteroatoms. The third kappa shape index (κ3) is 8.78. The van der Waals surface area contributed by atoms with Gasteiger partial charge >= 0.3 is 88.7 Å². The van der Waals surface area contributed by atoms with Gasteiger partial charge in [0.25, 0.3) is 0 Å². The van der Waals surface area contributed by atoms with Crippen LogP contribution in [-0.2, 0) is 30.6 Å². The molecule has 5 aromatic rings. The number of nitrogens with one attached hydrogen (secondary N) is 1.